The highest BCUT2D eigenvalue weighted by Crippen LogP contribution is 2.42. The van der Waals surface area contributed by atoms with Crippen LogP contribution in [0.4, 0.5) is 0 Å². The van der Waals surface area contributed by atoms with Gasteiger partial charge in [-0.2, -0.15) is 5.10 Å². The van der Waals surface area contributed by atoms with Gasteiger partial charge in [-0.15, -0.1) is 0 Å². The Hall–Kier alpha value is -3.08. The van der Waals surface area contributed by atoms with Crippen molar-refractivity contribution in [2.45, 2.75) is 19.4 Å². The number of hydrogen-bond donors (Lipinski definition) is 1. The molecular weight excluding hydrogens is 326 g/mol. The van der Waals surface area contributed by atoms with Gasteiger partial charge in [0.25, 0.3) is 5.91 Å². The van der Waals surface area contributed by atoms with Crippen LogP contribution >= 0.6 is 0 Å². The van der Waals surface area contributed by atoms with Crippen LogP contribution in [-0.2, 0) is 0 Å². The molecule has 1 N–H and O–H groups in total. The number of carbonyl (C=O) groups excluding carboxylic acids is 1. The fourth-order valence-electron chi connectivity index (χ4n) is 3.62. The molecule has 3 aromatic rings. The van der Waals surface area contributed by atoms with Crippen molar-refractivity contribution in [3.63, 3.8) is 0 Å². The number of H-pyrrole nitrogens is 1. The minimum Gasteiger partial charge on any atom is -0.497 e. The number of aromatic amines is 1. The summed E-state index contributed by atoms with van der Waals surface area (Å²) in [6.07, 6.45) is 0.907. The molecule has 5 heteroatoms. The van der Waals surface area contributed by atoms with Gasteiger partial charge >= 0.3 is 0 Å². The average Bonchev–Trinajstić information content (AvgIpc) is 3.23. The Balaban J connectivity index is 1.85. The van der Waals surface area contributed by atoms with Crippen molar-refractivity contribution < 1.29 is 9.53 Å². The van der Waals surface area contributed by atoms with E-state index in [0.717, 1.165) is 34.6 Å². The molecule has 1 aromatic heterocycles. The first-order valence-electron chi connectivity index (χ1n) is 8.83. The first kappa shape index (κ1) is 16.4. The Kier molecular flexibility index (Phi) is 4.21. The Labute approximate surface area is 152 Å². The van der Waals surface area contributed by atoms with Crippen LogP contribution in [0.3, 0.4) is 0 Å². The lowest BCUT2D eigenvalue weighted by Gasteiger charge is -2.26. The number of benzene rings is 2. The predicted molar refractivity (Wildman–Crippen MR) is 100 cm³/mol. The monoisotopic (exact) mass is 347 g/mol. The minimum absolute atomic E-state index is 0.0166. The SMILES string of the molecule is CCCN1C(=O)c2[nH]nc(-c3ccc(OC)cc3)c2[C@@H]1c1ccccc1. The summed E-state index contributed by atoms with van der Waals surface area (Å²) in [5, 5.41) is 7.45. The maximum absolute atomic E-state index is 13.0. The molecule has 1 aliphatic heterocycles. The first-order valence-corrected chi connectivity index (χ1v) is 8.83. The number of ether oxygens (including phenoxy) is 1. The highest BCUT2D eigenvalue weighted by Gasteiger charge is 2.41. The van der Waals surface area contributed by atoms with E-state index in [9.17, 15) is 4.79 Å². The van der Waals surface area contributed by atoms with Gasteiger partial charge in [0.1, 0.15) is 11.4 Å². The molecule has 0 unspecified atom stereocenters. The normalized spacial score (nSPS) is 16.0. The molecule has 0 spiro atoms. The lowest BCUT2D eigenvalue weighted by molar-refractivity contribution is 0.0744. The summed E-state index contributed by atoms with van der Waals surface area (Å²) < 4.78 is 5.25. The second kappa shape index (κ2) is 6.67. The summed E-state index contributed by atoms with van der Waals surface area (Å²) in [7, 11) is 1.65. The second-order valence-corrected chi connectivity index (χ2v) is 6.40. The van der Waals surface area contributed by atoms with Crippen molar-refractivity contribution in [2.75, 3.05) is 13.7 Å². The van der Waals surface area contributed by atoms with Crippen LogP contribution in [0.5, 0.6) is 5.75 Å². The largest absolute Gasteiger partial charge is 0.497 e. The molecule has 0 saturated heterocycles. The fourth-order valence-corrected chi connectivity index (χ4v) is 3.62. The molecule has 4 rings (SSSR count). The Morgan fingerprint density at radius 1 is 1.12 bits per heavy atom. The standard InChI is InChI=1S/C21H21N3O2/c1-3-13-24-20(15-7-5-4-6-8-15)17-18(22-23-19(17)21(24)25)14-9-11-16(26-2)12-10-14/h4-12,20H,3,13H2,1-2H3,(H,22,23)/t20-/m0/s1. The van der Waals surface area contributed by atoms with Crippen LogP contribution in [0.2, 0.25) is 0 Å². The van der Waals surface area contributed by atoms with Crippen molar-refractivity contribution in [2.24, 2.45) is 0 Å². The summed E-state index contributed by atoms with van der Waals surface area (Å²) in [6.45, 7) is 2.80. The van der Waals surface area contributed by atoms with Gasteiger partial charge in [-0.3, -0.25) is 9.89 Å². The Morgan fingerprint density at radius 2 is 1.85 bits per heavy atom. The summed E-state index contributed by atoms with van der Waals surface area (Å²) in [4.78, 5) is 14.9. The Morgan fingerprint density at radius 3 is 2.50 bits per heavy atom. The van der Waals surface area contributed by atoms with E-state index in [1.165, 1.54) is 0 Å². The highest BCUT2D eigenvalue weighted by atomic mass is 16.5. The third-order valence-electron chi connectivity index (χ3n) is 4.81. The minimum atomic E-state index is -0.116. The molecule has 5 nitrogen and oxygen atoms in total. The van der Waals surface area contributed by atoms with Gasteiger partial charge < -0.3 is 9.64 Å². The maximum atomic E-state index is 13.0. The van der Waals surface area contributed by atoms with E-state index >= 15 is 0 Å². The van der Waals surface area contributed by atoms with Gasteiger partial charge in [0.05, 0.1) is 18.8 Å². The van der Waals surface area contributed by atoms with E-state index in [2.05, 4.69) is 29.3 Å². The fraction of sp³-hybridized carbons (Fsp3) is 0.238. The number of amides is 1. The number of methoxy groups -OCH3 is 1. The lowest BCUT2D eigenvalue weighted by atomic mass is 9.96. The van der Waals surface area contributed by atoms with Crippen LogP contribution in [0.25, 0.3) is 11.3 Å². The molecule has 1 amide bonds. The summed E-state index contributed by atoms with van der Waals surface area (Å²) >= 11 is 0. The smallest absolute Gasteiger partial charge is 0.273 e. The number of aromatic nitrogens is 2. The maximum Gasteiger partial charge on any atom is 0.273 e. The number of nitrogens with one attached hydrogen (secondary N) is 1. The summed E-state index contributed by atoms with van der Waals surface area (Å²) in [5.74, 6) is 0.812. The average molecular weight is 347 g/mol. The molecule has 1 aliphatic rings. The van der Waals surface area contributed by atoms with Crippen LogP contribution < -0.4 is 4.74 Å². The number of rotatable bonds is 5. The molecule has 132 valence electrons. The van der Waals surface area contributed by atoms with E-state index in [4.69, 9.17) is 4.74 Å². The van der Waals surface area contributed by atoms with E-state index in [1.807, 2.05) is 47.4 Å². The van der Waals surface area contributed by atoms with Crippen molar-refractivity contribution >= 4 is 5.91 Å². The Bertz CT molecular complexity index is 916. The zero-order valence-corrected chi connectivity index (χ0v) is 14.9. The molecule has 2 aromatic carbocycles. The number of carbonyl (C=O) groups is 1. The van der Waals surface area contributed by atoms with Gasteiger partial charge in [0.15, 0.2) is 0 Å². The van der Waals surface area contributed by atoms with Crippen LogP contribution in [-0.4, -0.2) is 34.7 Å². The quantitative estimate of drug-likeness (QED) is 0.758. The van der Waals surface area contributed by atoms with Gasteiger partial charge in [-0.25, -0.2) is 0 Å². The predicted octanol–water partition coefficient (Wildman–Crippen LogP) is 4.04. The van der Waals surface area contributed by atoms with E-state index in [-0.39, 0.29) is 11.9 Å². The van der Waals surface area contributed by atoms with Crippen molar-refractivity contribution in [1.29, 1.82) is 0 Å². The molecule has 1 atom stereocenters. The van der Waals surface area contributed by atoms with Crippen molar-refractivity contribution in [3.8, 4) is 17.0 Å². The van der Waals surface area contributed by atoms with E-state index in [1.54, 1.807) is 7.11 Å². The second-order valence-electron chi connectivity index (χ2n) is 6.40. The third-order valence-corrected chi connectivity index (χ3v) is 4.81. The van der Waals surface area contributed by atoms with Crippen LogP contribution in [0.1, 0.15) is 41.0 Å². The van der Waals surface area contributed by atoms with Crippen molar-refractivity contribution in [1.82, 2.24) is 15.1 Å². The zero-order valence-electron chi connectivity index (χ0n) is 14.9. The van der Waals surface area contributed by atoms with Gasteiger partial charge in [0, 0.05) is 17.7 Å². The number of hydrogen-bond acceptors (Lipinski definition) is 3. The molecule has 26 heavy (non-hydrogen) atoms. The van der Waals surface area contributed by atoms with Crippen LogP contribution in [0.15, 0.2) is 54.6 Å². The molecule has 0 fully saturated rings. The molecular formula is C21H21N3O2. The van der Waals surface area contributed by atoms with Gasteiger partial charge in [-0.1, -0.05) is 37.3 Å². The van der Waals surface area contributed by atoms with Crippen LogP contribution in [0, 0.1) is 0 Å². The molecule has 2 heterocycles. The number of fused-ring (bicyclic) bond motifs is 1. The van der Waals surface area contributed by atoms with Gasteiger partial charge in [-0.05, 0) is 36.2 Å². The molecule has 0 saturated carbocycles. The lowest BCUT2D eigenvalue weighted by Crippen LogP contribution is -2.30. The summed E-state index contributed by atoms with van der Waals surface area (Å²) in [5.41, 5.74) is 4.45. The molecule has 0 bridgehead atoms. The first-order chi connectivity index (χ1) is 12.7. The zero-order chi connectivity index (χ0) is 18.1. The topological polar surface area (TPSA) is 58.2 Å². The summed E-state index contributed by atoms with van der Waals surface area (Å²) in [6, 6.07) is 17.8. The molecule has 0 radical (unpaired) electrons. The molecule has 0 aliphatic carbocycles. The van der Waals surface area contributed by atoms with E-state index in [0.29, 0.717) is 12.2 Å². The number of nitrogens with zero attached hydrogens (tertiary/aromatic N) is 2. The van der Waals surface area contributed by atoms with Crippen molar-refractivity contribution in [3.05, 3.63) is 71.4 Å². The van der Waals surface area contributed by atoms with Gasteiger partial charge in [0.2, 0.25) is 0 Å². The highest BCUT2D eigenvalue weighted by molar-refractivity contribution is 6.00. The van der Waals surface area contributed by atoms with E-state index < -0.39 is 0 Å². The third kappa shape index (κ3) is 2.56.